The summed E-state index contributed by atoms with van der Waals surface area (Å²) < 4.78 is 0. The first-order valence-corrected chi connectivity index (χ1v) is 5.20. The number of rotatable bonds is 2. The smallest absolute Gasteiger partial charge is 0.341 e. The van der Waals surface area contributed by atoms with Gasteiger partial charge in [-0.2, -0.15) is 0 Å². The summed E-state index contributed by atoms with van der Waals surface area (Å²) in [5, 5.41) is 9.31. The Hall–Kier alpha value is -1.29. The maximum atomic E-state index is 11.0. The number of aromatic carboxylic acids is 1. The molecule has 0 atom stereocenters. The fourth-order valence-electron chi connectivity index (χ4n) is 1.79. The molecule has 0 radical (unpaired) electrons. The van der Waals surface area contributed by atoms with Gasteiger partial charge in [-0.1, -0.05) is 11.6 Å². The Balaban J connectivity index is 2.45. The van der Waals surface area contributed by atoms with Crippen LogP contribution in [0.5, 0.6) is 0 Å². The highest BCUT2D eigenvalue weighted by Crippen LogP contribution is 2.27. The summed E-state index contributed by atoms with van der Waals surface area (Å²) in [5.74, 6) is -0.525. The van der Waals surface area contributed by atoms with Crippen molar-refractivity contribution in [1.29, 1.82) is 0 Å². The molecule has 0 aromatic carbocycles. The van der Waals surface area contributed by atoms with E-state index in [4.69, 9.17) is 16.7 Å². The highest BCUT2D eigenvalue weighted by Gasteiger charge is 2.22. The molecule has 15 heavy (non-hydrogen) atoms. The van der Waals surface area contributed by atoms with Crippen LogP contribution in [0.4, 0.5) is 5.82 Å². The van der Waals surface area contributed by atoms with Gasteiger partial charge in [-0.3, -0.25) is 0 Å². The molecule has 1 saturated heterocycles. The summed E-state index contributed by atoms with van der Waals surface area (Å²) in [6, 6.07) is 1.50. The second-order valence-electron chi connectivity index (χ2n) is 3.49. The molecule has 0 aliphatic carbocycles. The Morgan fingerprint density at radius 1 is 1.47 bits per heavy atom. The third-order valence-corrected chi connectivity index (χ3v) is 2.81. The summed E-state index contributed by atoms with van der Waals surface area (Å²) >= 11 is 5.86. The van der Waals surface area contributed by atoms with Crippen molar-refractivity contribution in [3.05, 3.63) is 22.8 Å². The zero-order valence-corrected chi connectivity index (χ0v) is 8.87. The number of carboxylic acid groups (broad SMARTS) is 1. The van der Waals surface area contributed by atoms with E-state index in [1.807, 2.05) is 4.90 Å². The van der Waals surface area contributed by atoms with Crippen LogP contribution in [0.2, 0.25) is 5.02 Å². The van der Waals surface area contributed by atoms with Crippen molar-refractivity contribution in [3.8, 4) is 0 Å². The predicted octanol–water partition coefficient (Wildman–Crippen LogP) is 2.03. The summed E-state index contributed by atoms with van der Waals surface area (Å²) in [7, 11) is 0. The monoisotopic (exact) mass is 226 g/mol. The molecule has 0 spiro atoms. The molecule has 1 aromatic heterocycles. The lowest BCUT2D eigenvalue weighted by molar-refractivity contribution is 0.0697. The van der Waals surface area contributed by atoms with E-state index in [-0.39, 0.29) is 10.6 Å². The highest BCUT2D eigenvalue weighted by molar-refractivity contribution is 6.34. The van der Waals surface area contributed by atoms with Crippen LogP contribution >= 0.6 is 11.6 Å². The Morgan fingerprint density at radius 2 is 2.13 bits per heavy atom. The number of carboxylic acids is 1. The zero-order valence-electron chi connectivity index (χ0n) is 8.11. The van der Waals surface area contributed by atoms with Gasteiger partial charge >= 0.3 is 5.97 Å². The fraction of sp³-hybridized carbons (Fsp3) is 0.400. The topological polar surface area (TPSA) is 53.4 Å². The van der Waals surface area contributed by atoms with E-state index >= 15 is 0 Å². The highest BCUT2D eigenvalue weighted by atomic mass is 35.5. The minimum atomic E-state index is -1.02. The number of hydrogen-bond donors (Lipinski definition) is 1. The van der Waals surface area contributed by atoms with Gasteiger partial charge in [0.2, 0.25) is 0 Å². The van der Waals surface area contributed by atoms with Crippen LogP contribution in [0, 0.1) is 0 Å². The van der Waals surface area contributed by atoms with Crippen molar-refractivity contribution < 1.29 is 9.90 Å². The number of hydrogen-bond acceptors (Lipinski definition) is 3. The van der Waals surface area contributed by atoms with Crippen LogP contribution in [-0.2, 0) is 0 Å². The van der Waals surface area contributed by atoms with Crippen molar-refractivity contribution in [2.75, 3.05) is 18.0 Å². The molecule has 4 nitrogen and oxygen atoms in total. The molecule has 1 fully saturated rings. The zero-order chi connectivity index (χ0) is 10.8. The minimum Gasteiger partial charge on any atom is -0.478 e. The molecular formula is C10H11ClN2O2. The van der Waals surface area contributed by atoms with Crippen LogP contribution in [0.15, 0.2) is 12.3 Å². The van der Waals surface area contributed by atoms with Gasteiger partial charge in [-0.25, -0.2) is 9.78 Å². The molecule has 0 bridgehead atoms. The van der Waals surface area contributed by atoms with Gasteiger partial charge in [0.1, 0.15) is 11.4 Å². The summed E-state index contributed by atoms with van der Waals surface area (Å²) in [4.78, 5) is 17.1. The molecule has 0 unspecified atom stereocenters. The molecule has 1 aromatic rings. The van der Waals surface area contributed by atoms with Crippen LogP contribution in [-0.4, -0.2) is 29.1 Å². The maximum Gasteiger partial charge on any atom is 0.341 e. The van der Waals surface area contributed by atoms with E-state index in [0.717, 1.165) is 25.9 Å². The van der Waals surface area contributed by atoms with Crippen LogP contribution in [0.25, 0.3) is 0 Å². The van der Waals surface area contributed by atoms with Gasteiger partial charge in [-0.15, -0.1) is 0 Å². The third-order valence-electron chi connectivity index (χ3n) is 2.50. The Bertz CT molecular complexity index is 389. The van der Waals surface area contributed by atoms with Gasteiger partial charge in [0, 0.05) is 19.3 Å². The standard InChI is InChI=1S/C10H11ClN2O2/c11-7-3-4-12-9(8(7)10(14)15)13-5-1-2-6-13/h3-4H,1-2,5-6H2,(H,14,15). The fourth-order valence-corrected chi connectivity index (χ4v) is 2.02. The molecule has 80 valence electrons. The molecule has 2 rings (SSSR count). The Kier molecular flexibility index (Phi) is 2.77. The van der Waals surface area contributed by atoms with Crippen molar-refractivity contribution in [1.82, 2.24) is 4.98 Å². The quantitative estimate of drug-likeness (QED) is 0.839. The molecule has 0 amide bonds. The molecule has 0 saturated carbocycles. The lowest BCUT2D eigenvalue weighted by Gasteiger charge is -2.18. The Labute approximate surface area is 92.5 Å². The van der Waals surface area contributed by atoms with Crippen LogP contribution in [0.3, 0.4) is 0 Å². The molecule has 5 heteroatoms. The minimum absolute atomic E-state index is 0.112. The first-order valence-electron chi connectivity index (χ1n) is 4.83. The van der Waals surface area contributed by atoms with Gasteiger partial charge < -0.3 is 10.0 Å². The first kappa shape index (κ1) is 10.2. The van der Waals surface area contributed by atoms with Crippen molar-refractivity contribution in [2.24, 2.45) is 0 Å². The number of nitrogens with zero attached hydrogens (tertiary/aromatic N) is 2. The van der Waals surface area contributed by atoms with E-state index in [1.165, 1.54) is 6.07 Å². The number of pyridine rings is 1. The van der Waals surface area contributed by atoms with Crippen LogP contribution < -0.4 is 4.90 Å². The second kappa shape index (κ2) is 4.06. The van der Waals surface area contributed by atoms with Crippen molar-refractivity contribution in [2.45, 2.75) is 12.8 Å². The van der Waals surface area contributed by atoms with Gasteiger partial charge in [-0.05, 0) is 18.9 Å². The average molecular weight is 227 g/mol. The number of aromatic nitrogens is 1. The Morgan fingerprint density at radius 3 is 2.73 bits per heavy atom. The lowest BCUT2D eigenvalue weighted by atomic mass is 10.2. The summed E-state index contributed by atoms with van der Waals surface area (Å²) in [5.41, 5.74) is 0.112. The summed E-state index contributed by atoms with van der Waals surface area (Å²) in [6.45, 7) is 1.71. The number of carbonyl (C=O) groups is 1. The van der Waals surface area contributed by atoms with E-state index in [0.29, 0.717) is 5.82 Å². The molecule has 2 heterocycles. The van der Waals surface area contributed by atoms with E-state index in [1.54, 1.807) is 6.20 Å². The number of halogens is 1. The largest absolute Gasteiger partial charge is 0.478 e. The van der Waals surface area contributed by atoms with E-state index < -0.39 is 5.97 Å². The SMILES string of the molecule is O=C(O)c1c(Cl)ccnc1N1CCCC1. The van der Waals surface area contributed by atoms with Gasteiger partial charge in [0.05, 0.1) is 5.02 Å². The third kappa shape index (κ3) is 1.90. The molecule has 1 aliphatic rings. The van der Waals surface area contributed by atoms with E-state index in [2.05, 4.69) is 4.98 Å². The normalized spacial score (nSPS) is 15.7. The molecule has 1 N–H and O–H groups in total. The second-order valence-corrected chi connectivity index (χ2v) is 3.90. The van der Waals surface area contributed by atoms with Crippen LogP contribution in [0.1, 0.15) is 23.2 Å². The van der Waals surface area contributed by atoms with Crippen molar-refractivity contribution in [3.63, 3.8) is 0 Å². The molecule has 1 aliphatic heterocycles. The predicted molar refractivity (Wildman–Crippen MR) is 57.7 cm³/mol. The number of anilines is 1. The van der Waals surface area contributed by atoms with Gasteiger partial charge in [0.25, 0.3) is 0 Å². The summed E-state index contributed by atoms with van der Waals surface area (Å²) in [6.07, 6.45) is 3.70. The average Bonchev–Trinajstić information content (AvgIpc) is 2.69. The maximum absolute atomic E-state index is 11.0. The molecular weight excluding hydrogens is 216 g/mol. The van der Waals surface area contributed by atoms with E-state index in [9.17, 15) is 4.79 Å². The van der Waals surface area contributed by atoms with Gasteiger partial charge in [0.15, 0.2) is 0 Å². The van der Waals surface area contributed by atoms with Crippen molar-refractivity contribution >= 4 is 23.4 Å². The first-order chi connectivity index (χ1) is 7.20. The lowest BCUT2D eigenvalue weighted by Crippen LogP contribution is -2.22.